The van der Waals surface area contributed by atoms with Gasteiger partial charge in [0.25, 0.3) is 0 Å². The minimum absolute atomic E-state index is 0.208. The molecular formula is C21H22N4O3. The Bertz CT molecular complexity index is 981. The molecule has 7 heteroatoms. The third kappa shape index (κ3) is 4.56. The van der Waals surface area contributed by atoms with Crippen molar-refractivity contribution in [3.8, 4) is 22.9 Å². The van der Waals surface area contributed by atoms with Crippen molar-refractivity contribution in [2.45, 2.75) is 6.54 Å². The monoisotopic (exact) mass is 378 g/mol. The molecule has 3 aromatic rings. The molecule has 1 aromatic carbocycles. The van der Waals surface area contributed by atoms with Crippen LogP contribution in [0.25, 0.3) is 17.5 Å². The number of pyridine rings is 1. The fraction of sp³-hybridized carbons (Fsp3) is 0.190. The van der Waals surface area contributed by atoms with E-state index in [1.165, 1.54) is 6.08 Å². The van der Waals surface area contributed by atoms with Gasteiger partial charge in [0.2, 0.25) is 5.91 Å². The summed E-state index contributed by atoms with van der Waals surface area (Å²) in [5.41, 5.74) is 3.33. The lowest BCUT2D eigenvalue weighted by molar-refractivity contribution is -0.116. The maximum absolute atomic E-state index is 12.1. The van der Waals surface area contributed by atoms with Gasteiger partial charge < -0.3 is 14.8 Å². The number of nitrogens with zero attached hydrogens (tertiary/aromatic N) is 3. The van der Waals surface area contributed by atoms with E-state index in [1.54, 1.807) is 43.3 Å². The minimum atomic E-state index is -0.208. The maximum Gasteiger partial charge on any atom is 0.244 e. The lowest BCUT2D eigenvalue weighted by Gasteiger charge is -2.07. The molecular weight excluding hydrogens is 356 g/mol. The van der Waals surface area contributed by atoms with E-state index in [2.05, 4.69) is 15.4 Å². The van der Waals surface area contributed by atoms with Crippen LogP contribution in [0.15, 0.2) is 54.7 Å². The van der Waals surface area contributed by atoms with E-state index < -0.39 is 0 Å². The molecule has 2 heterocycles. The van der Waals surface area contributed by atoms with E-state index in [-0.39, 0.29) is 5.91 Å². The summed E-state index contributed by atoms with van der Waals surface area (Å²) in [6.45, 7) is 0.329. The highest BCUT2D eigenvalue weighted by atomic mass is 16.5. The summed E-state index contributed by atoms with van der Waals surface area (Å²) in [5.74, 6) is 1.04. The Balaban J connectivity index is 1.61. The first-order valence-corrected chi connectivity index (χ1v) is 8.73. The molecule has 0 aliphatic rings. The second kappa shape index (κ2) is 8.85. The Hall–Kier alpha value is -3.61. The van der Waals surface area contributed by atoms with Gasteiger partial charge in [0.15, 0.2) is 11.5 Å². The molecule has 0 aliphatic heterocycles. The van der Waals surface area contributed by atoms with Gasteiger partial charge in [-0.3, -0.25) is 14.5 Å². The zero-order valence-corrected chi connectivity index (χ0v) is 16.0. The van der Waals surface area contributed by atoms with Gasteiger partial charge in [-0.15, -0.1) is 0 Å². The van der Waals surface area contributed by atoms with Gasteiger partial charge in [-0.2, -0.15) is 5.10 Å². The average Bonchev–Trinajstić information content (AvgIpc) is 3.11. The van der Waals surface area contributed by atoms with Crippen LogP contribution in [-0.4, -0.2) is 34.9 Å². The molecule has 0 spiro atoms. The van der Waals surface area contributed by atoms with Crippen LogP contribution in [0.4, 0.5) is 0 Å². The van der Waals surface area contributed by atoms with Gasteiger partial charge in [-0.25, -0.2) is 0 Å². The Morgan fingerprint density at radius 1 is 1.14 bits per heavy atom. The molecule has 3 rings (SSSR count). The van der Waals surface area contributed by atoms with Crippen molar-refractivity contribution >= 4 is 12.0 Å². The zero-order chi connectivity index (χ0) is 19.9. The summed E-state index contributed by atoms with van der Waals surface area (Å²) >= 11 is 0. The normalized spacial score (nSPS) is 10.8. The first-order chi connectivity index (χ1) is 13.6. The minimum Gasteiger partial charge on any atom is -0.493 e. The van der Waals surface area contributed by atoms with E-state index >= 15 is 0 Å². The summed E-state index contributed by atoms with van der Waals surface area (Å²) < 4.78 is 12.2. The molecule has 1 amide bonds. The van der Waals surface area contributed by atoms with Crippen molar-refractivity contribution in [1.82, 2.24) is 20.1 Å². The van der Waals surface area contributed by atoms with Crippen LogP contribution in [0.2, 0.25) is 0 Å². The van der Waals surface area contributed by atoms with E-state index in [1.807, 2.05) is 37.4 Å². The van der Waals surface area contributed by atoms with Crippen molar-refractivity contribution in [2.75, 3.05) is 14.2 Å². The molecule has 0 bridgehead atoms. The number of nitrogens with one attached hydrogen (secondary N) is 1. The molecule has 0 atom stereocenters. The fourth-order valence-corrected chi connectivity index (χ4v) is 2.73. The van der Waals surface area contributed by atoms with E-state index in [0.717, 1.165) is 22.6 Å². The summed E-state index contributed by atoms with van der Waals surface area (Å²) in [6.07, 6.45) is 4.93. The van der Waals surface area contributed by atoms with Crippen molar-refractivity contribution < 1.29 is 14.3 Å². The van der Waals surface area contributed by atoms with Crippen LogP contribution in [-0.2, 0) is 18.4 Å². The van der Waals surface area contributed by atoms with Gasteiger partial charge in [-0.1, -0.05) is 12.1 Å². The molecule has 0 fully saturated rings. The summed E-state index contributed by atoms with van der Waals surface area (Å²) in [6, 6.07) is 13.1. The van der Waals surface area contributed by atoms with Crippen molar-refractivity contribution in [3.05, 3.63) is 66.0 Å². The Kier molecular flexibility index (Phi) is 6.06. The molecule has 0 saturated carbocycles. The number of benzene rings is 1. The number of hydrogen-bond donors (Lipinski definition) is 1. The molecule has 144 valence electrons. The lowest BCUT2D eigenvalue weighted by atomic mass is 10.2. The van der Waals surface area contributed by atoms with Gasteiger partial charge in [-0.05, 0) is 42.0 Å². The van der Waals surface area contributed by atoms with Crippen LogP contribution < -0.4 is 14.8 Å². The first-order valence-electron chi connectivity index (χ1n) is 8.73. The average molecular weight is 378 g/mol. The number of carbonyl (C=O) groups excluding carboxylic acids is 1. The molecule has 28 heavy (non-hydrogen) atoms. The molecule has 0 saturated heterocycles. The predicted octanol–water partition coefficient (Wildman–Crippen LogP) is 2.83. The molecule has 2 aromatic heterocycles. The highest BCUT2D eigenvalue weighted by Crippen LogP contribution is 2.27. The number of ether oxygens (including phenoxy) is 2. The van der Waals surface area contributed by atoms with Gasteiger partial charge in [0.1, 0.15) is 0 Å². The Labute approximate surface area is 163 Å². The van der Waals surface area contributed by atoms with Crippen LogP contribution in [0.3, 0.4) is 0 Å². The van der Waals surface area contributed by atoms with Crippen LogP contribution in [0.1, 0.15) is 11.3 Å². The number of aryl methyl sites for hydroxylation is 1. The lowest BCUT2D eigenvalue weighted by Crippen LogP contribution is -2.20. The fourth-order valence-electron chi connectivity index (χ4n) is 2.73. The van der Waals surface area contributed by atoms with Crippen LogP contribution in [0, 0.1) is 0 Å². The smallest absolute Gasteiger partial charge is 0.244 e. The number of amides is 1. The third-order valence-electron chi connectivity index (χ3n) is 4.14. The third-order valence-corrected chi connectivity index (χ3v) is 4.14. The van der Waals surface area contributed by atoms with E-state index in [9.17, 15) is 4.79 Å². The first kappa shape index (κ1) is 19.2. The molecule has 0 radical (unpaired) electrons. The zero-order valence-electron chi connectivity index (χ0n) is 16.0. The highest BCUT2D eigenvalue weighted by Gasteiger charge is 2.09. The largest absolute Gasteiger partial charge is 0.493 e. The van der Waals surface area contributed by atoms with Gasteiger partial charge >= 0.3 is 0 Å². The quantitative estimate of drug-likeness (QED) is 0.640. The SMILES string of the molecule is COc1ccc(/C=C/C(=O)NCc2cc(-c3ccccn3)n(C)n2)cc1OC. The Morgan fingerprint density at radius 2 is 1.96 bits per heavy atom. The number of carbonyl (C=O) groups is 1. The number of hydrogen-bond acceptors (Lipinski definition) is 5. The van der Waals surface area contributed by atoms with Crippen LogP contribution in [0.5, 0.6) is 11.5 Å². The number of methoxy groups -OCH3 is 2. The maximum atomic E-state index is 12.1. The second-order valence-corrected chi connectivity index (χ2v) is 6.03. The van der Waals surface area contributed by atoms with Crippen molar-refractivity contribution in [3.63, 3.8) is 0 Å². The van der Waals surface area contributed by atoms with Crippen LogP contribution >= 0.6 is 0 Å². The second-order valence-electron chi connectivity index (χ2n) is 6.03. The topological polar surface area (TPSA) is 78.3 Å². The van der Waals surface area contributed by atoms with Crippen molar-refractivity contribution in [1.29, 1.82) is 0 Å². The summed E-state index contributed by atoms with van der Waals surface area (Å²) in [7, 11) is 5.01. The Morgan fingerprint density at radius 3 is 2.68 bits per heavy atom. The number of aromatic nitrogens is 3. The molecule has 7 nitrogen and oxygen atoms in total. The molecule has 1 N–H and O–H groups in total. The van der Waals surface area contributed by atoms with E-state index in [0.29, 0.717) is 18.0 Å². The molecule has 0 aliphatic carbocycles. The molecule has 0 unspecified atom stereocenters. The van der Waals surface area contributed by atoms with E-state index in [4.69, 9.17) is 9.47 Å². The van der Waals surface area contributed by atoms with Gasteiger partial charge in [0.05, 0.1) is 37.8 Å². The standard InChI is InChI=1S/C21H22N4O3/c1-25-18(17-6-4-5-11-22-17)13-16(24-25)14-23-21(26)10-8-15-7-9-19(27-2)20(12-15)28-3/h4-13H,14H2,1-3H3,(H,23,26)/b10-8+. The summed E-state index contributed by atoms with van der Waals surface area (Å²) in [4.78, 5) is 16.5. The number of rotatable bonds is 7. The highest BCUT2D eigenvalue weighted by molar-refractivity contribution is 5.91. The predicted molar refractivity (Wildman–Crippen MR) is 107 cm³/mol. The van der Waals surface area contributed by atoms with Crippen molar-refractivity contribution in [2.24, 2.45) is 7.05 Å². The van der Waals surface area contributed by atoms with Gasteiger partial charge in [0, 0.05) is 19.3 Å². The summed E-state index contributed by atoms with van der Waals surface area (Å²) in [5, 5.41) is 7.26.